The van der Waals surface area contributed by atoms with Gasteiger partial charge in [-0.25, -0.2) is 0 Å². The molecule has 0 bridgehead atoms. The third-order valence-corrected chi connectivity index (χ3v) is 3.89. The van der Waals surface area contributed by atoms with Gasteiger partial charge in [0.05, 0.1) is 5.75 Å². The lowest BCUT2D eigenvalue weighted by Gasteiger charge is -2.29. The SMILES string of the molecule is CN1CCC(n2cnnc2SCC(=O)O)CC1. The van der Waals surface area contributed by atoms with Crippen LogP contribution in [-0.4, -0.2) is 56.6 Å². The van der Waals surface area contributed by atoms with E-state index in [1.54, 1.807) is 6.33 Å². The van der Waals surface area contributed by atoms with Crippen LogP contribution in [0.2, 0.25) is 0 Å². The number of thioether (sulfide) groups is 1. The predicted molar refractivity (Wildman–Crippen MR) is 64.1 cm³/mol. The Bertz CT molecular complexity index is 387. The predicted octanol–water partition coefficient (Wildman–Crippen LogP) is 0.722. The van der Waals surface area contributed by atoms with Gasteiger partial charge >= 0.3 is 5.97 Å². The van der Waals surface area contributed by atoms with E-state index < -0.39 is 5.97 Å². The number of aliphatic carboxylic acids is 1. The highest BCUT2D eigenvalue weighted by molar-refractivity contribution is 7.99. The summed E-state index contributed by atoms with van der Waals surface area (Å²) < 4.78 is 2.01. The van der Waals surface area contributed by atoms with E-state index in [0.29, 0.717) is 11.2 Å². The molecular weight excluding hydrogens is 240 g/mol. The number of carboxylic acids is 1. The minimum atomic E-state index is -0.826. The van der Waals surface area contributed by atoms with Crippen molar-refractivity contribution in [2.45, 2.75) is 24.0 Å². The first kappa shape index (κ1) is 12.4. The number of carbonyl (C=O) groups is 1. The molecule has 1 saturated heterocycles. The second-order valence-electron chi connectivity index (χ2n) is 4.24. The fourth-order valence-electron chi connectivity index (χ4n) is 1.99. The van der Waals surface area contributed by atoms with E-state index in [-0.39, 0.29) is 5.75 Å². The topological polar surface area (TPSA) is 71.2 Å². The molecule has 0 saturated carbocycles. The lowest BCUT2D eigenvalue weighted by molar-refractivity contribution is -0.133. The van der Waals surface area contributed by atoms with Gasteiger partial charge in [-0.3, -0.25) is 4.79 Å². The quantitative estimate of drug-likeness (QED) is 0.800. The van der Waals surface area contributed by atoms with Crippen LogP contribution < -0.4 is 0 Å². The van der Waals surface area contributed by atoms with Gasteiger partial charge in [-0.1, -0.05) is 11.8 Å². The van der Waals surface area contributed by atoms with Gasteiger partial charge in [0.2, 0.25) is 0 Å². The summed E-state index contributed by atoms with van der Waals surface area (Å²) in [6.45, 7) is 2.12. The molecule has 1 aromatic rings. The third kappa shape index (κ3) is 3.19. The fourth-order valence-corrected chi connectivity index (χ4v) is 2.69. The van der Waals surface area contributed by atoms with Gasteiger partial charge in [-0.2, -0.15) is 0 Å². The summed E-state index contributed by atoms with van der Waals surface area (Å²) in [5.74, 6) is -0.793. The van der Waals surface area contributed by atoms with Gasteiger partial charge in [0.1, 0.15) is 6.33 Å². The maximum absolute atomic E-state index is 10.5. The number of aromatic nitrogens is 3. The van der Waals surface area contributed by atoms with E-state index in [1.165, 1.54) is 11.8 Å². The molecule has 0 amide bonds. The summed E-state index contributed by atoms with van der Waals surface area (Å²) in [7, 11) is 2.11. The number of hydrogen-bond acceptors (Lipinski definition) is 5. The molecule has 0 radical (unpaired) electrons. The Morgan fingerprint density at radius 2 is 2.29 bits per heavy atom. The van der Waals surface area contributed by atoms with E-state index >= 15 is 0 Å². The number of nitrogens with zero attached hydrogens (tertiary/aromatic N) is 4. The van der Waals surface area contributed by atoms with Gasteiger partial charge < -0.3 is 14.6 Å². The first-order valence-electron chi connectivity index (χ1n) is 5.59. The molecule has 0 aliphatic carbocycles. The molecule has 1 aliphatic heterocycles. The van der Waals surface area contributed by atoms with E-state index in [2.05, 4.69) is 22.1 Å². The Kier molecular flexibility index (Phi) is 4.01. The summed E-state index contributed by atoms with van der Waals surface area (Å²) in [4.78, 5) is 12.8. The van der Waals surface area contributed by atoms with Gasteiger partial charge in [-0.15, -0.1) is 10.2 Å². The Balaban J connectivity index is 2.00. The summed E-state index contributed by atoms with van der Waals surface area (Å²) in [6, 6.07) is 0.400. The zero-order valence-electron chi connectivity index (χ0n) is 9.74. The van der Waals surface area contributed by atoms with Gasteiger partial charge in [0.15, 0.2) is 5.16 Å². The molecule has 1 fully saturated rings. The number of hydrogen-bond donors (Lipinski definition) is 1. The standard InChI is InChI=1S/C10H16N4O2S/c1-13-4-2-8(3-5-13)14-7-11-12-10(14)17-6-9(15)16/h7-8H,2-6H2,1H3,(H,15,16). The van der Waals surface area contributed by atoms with E-state index in [4.69, 9.17) is 5.11 Å². The first-order valence-corrected chi connectivity index (χ1v) is 6.58. The van der Waals surface area contributed by atoms with Crippen molar-refractivity contribution in [2.24, 2.45) is 0 Å². The second-order valence-corrected chi connectivity index (χ2v) is 5.18. The van der Waals surface area contributed by atoms with Crippen LogP contribution in [0.4, 0.5) is 0 Å². The average molecular weight is 256 g/mol. The van der Waals surface area contributed by atoms with Crippen LogP contribution in [0.3, 0.4) is 0 Å². The summed E-state index contributed by atoms with van der Waals surface area (Å²) in [5, 5.41) is 17.2. The van der Waals surface area contributed by atoms with E-state index in [0.717, 1.165) is 25.9 Å². The minimum absolute atomic E-state index is 0.0331. The Morgan fingerprint density at radius 3 is 2.94 bits per heavy atom. The van der Waals surface area contributed by atoms with Crippen molar-refractivity contribution in [3.05, 3.63) is 6.33 Å². The maximum Gasteiger partial charge on any atom is 0.313 e. The van der Waals surface area contributed by atoms with Crippen molar-refractivity contribution in [3.63, 3.8) is 0 Å². The molecule has 0 aromatic carbocycles. The maximum atomic E-state index is 10.5. The lowest BCUT2D eigenvalue weighted by Crippen LogP contribution is -2.31. The summed E-state index contributed by atoms with van der Waals surface area (Å²) in [5.41, 5.74) is 0. The normalized spacial score (nSPS) is 18.4. The lowest BCUT2D eigenvalue weighted by atomic mass is 10.1. The van der Waals surface area contributed by atoms with E-state index in [1.807, 2.05) is 4.57 Å². The number of rotatable bonds is 4. The van der Waals surface area contributed by atoms with Gasteiger partial charge in [0, 0.05) is 6.04 Å². The van der Waals surface area contributed by atoms with Crippen LogP contribution in [0.5, 0.6) is 0 Å². The highest BCUT2D eigenvalue weighted by atomic mass is 32.2. The van der Waals surface area contributed by atoms with Crippen LogP contribution in [0.15, 0.2) is 11.5 Å². The number of carboxylic acid groups (broad SMARTS) is 1. The highest BCUT2D eigenvalue weighted by Crippen LogP contribution is 2.26. The molecule has 0 unspecified atom stereocenters. The van der Waals surface area contributed by atoms with Crippen LogP contribution >= 0.6 is 11.8 Å². The smallest absolute Gasteiger partial charge is 0.313 e. The van der Waals surface area contributed by atoms with Gasteiger partial charge in [-0.05, 0) is 33.0 Å². The molecule has 1 N–H and O–H groups in total. The second kappa shape index (κ2) is 5.50. The first-order chi connectivity index (χ1) is 8.16. The van der Waals surface area contributed by atoms with Crippen LogP contribution in [0, 0.1) is 0 Å². The van der Waals surface area contributed by atoms with Crippen LogP contribution in [0.25, 0.3) is 0 Å². The Labute approximate surface area is 104 Å². The van der Waals surface area contributed by atoms with Crippen molar-refractivity contribution in [1.29, 1.82) is 0 Å². The molecule has 0 atom stereocenters. The largest absolute Gasteiger partial charge is 0.481 e. The van der Waals surface area contributed by atoms with Crippen LogP contribution in [0.1, 0.15) is 18.9 Å². The monoisotopic (exact) mass is 256 g/mol. The molecule has 17 heavy (non-hydrogen) atoms. The third-order valence-electron chi connectivity index (χ3n) is 2.95. The van der Waals surface area contributed by atoms with Crippen molar-refractivity contribution < 1.29 is 9.90 Å². The fraction of sp³-hybridized carbons (Fsp3) is 0.700. The summed E-state index contributed by atoms with van der Waals surface area (Å²) in [6.07, 6.45) is 3.84. The zero-order valence-corrected chi connectivity index (χ0v) is 10.6. The molecule has 2 rings (SSSR count). The minimum Gasteiger partial charge on any atom is -0.481 e. The summed E-state index contributed by atoms with van der Waals surface area (Å²) >= 11 is 1.23. The molecule has 1 aliphatic rings. The molecule has 1 aromatic heterocycles. The van der Waals surface area contributed by atoms with Gasteiger partial charge in [0.25, 0.3) is 0 Å². The van der Waals surface area contributed by atoms with Crippen molar-refractivity contribution in [2.75, 3.05) is 25.9 Å². The average Bonchev–Trinajstić information content (AvgIpc) is 2.75. The molecule has 2 heterocycles. The molecule has 94 valence electrons. The van der Waals surface area contributed by atoms with E-state index in [9.17, 15) is 4.79 Å². The zero-order chi connectivity index (χ0) is 12.3. The Morgan fingerprint density at radius 1 is 1.59 bits per heavy atom. The molecule has 0 spiro atoms. The highest BCUT2D eigenvalue weighted by Gasteiger charge is 2.21. The number of likely N-dealkylation sites (tertiary alicyclic amines) is 1. The van der Waals surface area contributed by atoms with Crippen molar-refractivity contribution >= 4 is 17.7 Å². The molecule has 7 heteroatoms. The molecule has 6 nitrogen and oxygen atoms in total. The van der Waals surface area contributed by atoms with Crippen LogP contribution in [-0.2, 0) is 4.79 Å². The van der Waals surface area contributed by atoms with Crippen molar-refractivity contribution in [1.82, 2.24) is 19.7 Å². The van der Waals surface area contributed by atoms with Crippen molar-refractivity contribution in [3.8, 4) is 0 Å². The molecular formula is C10H16N4O2S. The number of piperidine rings is 1. The Hall–Kier alpha value is -1.08.